The fourth-order valence-electron chi connectivity index (χ4n) is 3.28. The molecule has 1 aliphatic heterocycles. The number of piperazine rings is 1. The number of hydrogen-bond acceptors (Lipinski definition) is 2. The van der Waals surface area contributed by atoms with E-state index >= 15 is 0 Å². The summed E-state index contributed by atoms with van der Waals surface area (Å²) in [6.07, 6.45) is 0. The monoisotopic (exact) mass is 422 g/mol. The van der Waals surface area contributed by atoms with Gasteiger partial charge in [-0.05, 0) is 24.3 Å². The van der Waals surface area contributed by atoms with Crippen molar-refractivity contribution in [3.8, 4) is 0 Å². The summed E-state index contributed by atoms with van der Waals surface area (Å²) in [5.74, 6) is -0.106. The predicted molar refractivity (Wildman–Crippen MR) is 111 cm³/mol. The van der Waals surface area contributed by atoms with E-state index in [2.05, 4.69) is 10.6 Å². The molecule has 2 amide bonds. The molecule has 0 aliphatic carbocycles. The highest BCUT2D eigenvalue weighted by molar-refractivity contribution is 6.34. The fraction of sp³-hybridized carbons (Fsp3) is 0.300. The Morgan fingerprint density at radius 3 is 1.43 bits per heavy atom. The molecule has 2 aromatic rings. The number of amides is 2. The van der Waals surface area contributed by atoms with E-state index in [4.69, 9.17) is 23.2 Å². The van der Waals surface area contributed by atoms with Gasteiger partial charge in [0.15, 0.2) is 13.1 Å². The van der Waals surface area contributed by atoms with Crippen molar-refractivity contribution in [3.05, 3.63) is 58.6 Å². The first-order valence-electron chi connectivity index (χ1n) is 9.27. The number of rotatable bonds is 6. The van der Waals surface area contributed by atoms with Crippen molar-refractivity contribution in [2.24, 2.45) is 0 Å². The van der Waals surface area contributed by atoms with Gasteiger partial charge in [0, 0.05) is 0 Å². The van der Waals surface area contributed by atoms with E-state index in [9.17, 15) is 9.59 Å². The third kappa shape index (κ3) is 5.94. The number of benzene rings is 2. The first-order chi connectivity index (χ1) is 13.5. The molecule has 0 radical (unpaired) electrons. The normalized spacial score (nSPS) is 19.1. The SMILES string of the molecule is O=C(C[NH+]1CC[NH+](CC(=O)Nc2ccccc2Cl)CC1)Nc1ccccc1Cl. The molecule has 1 aliphatic rings. The zero-order chi connectivity index (χ0) is 19.9. The van der Waals surface area contributed by atoms with Gasteiger partial charge < -0.3 is 20.4 Å². The summed E-state index contributed by atoms with van der Waals surface area (Å²) in [5, 5.41) is 6.78. The van der Waals surface area contributed by atoms with Crippen LogP contribution in [0.25, 0.3) is 0 Å². The van der Waals surface area contributed by atoms with Gasteiger partial charge in [-0.2, -0.15) is 0 Å². The quantitative estimate of drug-likeness (QED) is 0.542. The molecular formula is C20H24Cl2N4O2+2. The molecule has 28 heavy (non-hydrogen) atoms. The maximum atomic E-state index is 12.3. The third-order valence-corrected chi connectivity index (χ3v) is 5.44. The zero-order valence-electron chi connectivity index (χ0n) is 15.4. The van der Waals surface area contributed by atoms with Crippen molar-refractivity contribution in [2.45, 2.75) is 0 Å². The molecule has 2 aromatic carbocycles. The summed E-state index contributed by atoms with van der Waals surface area (Å²) >= 11 is 12.2. The molecule has 0 bridgehead atoms. The lowest BCUT2D eigenvalue weighted by Crippen LogP contribution is -3.28. The van der Waals surface area contributed by atoms with E-state index in [-0.39, 0.29) is 11.8 Å². The number of halogens is 2. The van der Waals surface area contributed by atoms with Gasteiger partial charge in [0.05, 0.1) is 21.4 Å². The lowest BCUT2D eigenvalue weighted by Gasteiger charge is -2.29. The maximum Gasteiger partial charge on any atom is 0.279 e. The minimum Gasteiger partial charge on any atom is -0.320 e. The van der Waals surface area contributed by atoms with Crippen molar-refractivity contribution in [1.29, 1.82) is 0 Å². The van der Waals surface area contributed by atoms with Crippen LogP contribution in [0.1, 0.15) is 0 Å². The minimum absolute atomic E-state index is 0.0528. The molecule has 1 fully saturated rings. The van der Waals surface area contributed by atoms with E-state index in [1.54, 1.807) is 24.3 Å². The topological polar surface area (TPSA) is 67.1 Å². The number of carbonyl (C=O) groups excluding carboxylic acids is 2. The standard InChI is InChI=1S/C20H22Cl2N4O2/c21-15-5-1-3-7-17(15)23-19(27)13-25-9-11-26(12-10-25)14-20(28)24-18-8-4-2-6-16(18)22/h1-8H,9-14H2,(H,23,27)(H,24,28)/p+2. The first-order valence-corrected chi connectivity index (χ1v) is 10.0. The highest BCUT2D eigenvalue weighted by Crippen LogP contribution is 2.20. The second kappa shape index (κ2) is 9.89. The van der Waals surface area contributed by atoms with Crippen LogP contribution in [-0.4, -0.2) is 51.1 Å². The molecule has 0 aromatic heterocycles. The Hall–Kier alpha value is -2.12. The molecule has 8 heteroatoms. The first kappa shape index (κ1) is 20.6. The number of nitrogens with one attached hydrogen (secondary N) is 4. The summed E-state index contributed by atoms with van der Waals surface area (Å²) < 4.78 is 0. The van der Waals surface area contributed by atoms with Crippen LogP contribution in [-0.2, 0) is 9.59 Å². The Morgan fingerprint density at radius 1 is 0.714 bits per heavy atom. The Labute approximate surface area is 174 Å². The Balaban J connectivity index is 1.40. The van der Waals surface area contributed by atoms with Gasteiger partial charge in [-0.3, -0.25) is 9.59 Å². The van der Waals surface area contributed by atoms with Gasteiger partial charge in [-0.25, -0.2) is 0 Å². The van der Waals surface area contributed by atoms with Gasteiger partial charge in [-0.1, -0.05) is 47.5 Å². The van der Waals surface area contributed by atoms with Crippen LogP contribution >= 0.6 is 23.2 Å². The summed E-state index contributed by atoms with van der Waals surface area (Å²) in [5.41, 5.74) is 1.27. The molecule has 0 saturated carbocycles. The van der Waals surface area contributed by atoms with Gasteiger partial charge >= 0.3 is 0 Å². The highest BCUT2D eigenvalue weighted by atomic mass is 35.5. The van der Waals surface area contributed by atoms with Crippen molar-refractivity contribution >= 4 is 46.4 Å². The van der Waals surface area contributed by atoms with Crippen LogP contribution < -0.4 is 20.4 Å². The number of hydrogen-bond donors (Lipinski definition) is 4. The van der Waals surface area contributed by atoms with Crippen molar-refractivity contribution in [3.63, 3.8) is 0 Å². The molecule has 0 spiro atoms. The largest absolute Gasteiger partial charge is 0.320 e. The molecule has 3 rings (SSSR count). The highest BCUT2D eigenvalue weighted by Gasteiger charge is 2.26. The van der Waals surface area contributed by atoms with E-state index in [1.165, 1.54) is 9.80 Å². The minimum atomic E-state index is -0.0528. The van der Waals surface area contributed by atoms with Crippen molar-refractivity contribution in [2.75, 3.05) is 49.9 Å². The molecule has 0 atom stereocenters. The van der Waals surface area contributed by atoms with Gasteiger partial charge in [0.25, 0.3) is 11.8 Å². The molecule has 0 unspecified atom stereocenters. The smallest absolute Gasteiger partial charge is 0.279 e. The molecule has 6 nitrogen and oxygen atoms in total. The van der Waals surface area contributed by atoms with Crippen LogP contribution in [0.5, 0.6) is 0 Å². The lowest BCUT2D eigenvalue weighted by atomic mass is 10.3. The lowest BCUT2D eigenvalue weighted by molar-refractivity contribution is -1.00. The Bertz CT molecular complexity index is 769. The summed E-state index contributed by atoms with van der Waals surface area (Å²) in [7, 11) is 0. The van der Waals surface area contributed by atoms with E-state index in [0.717, 1.165) is 26.2 Å². The van der Waals surface area contributed by atoms with Gasteiger partial charge in [0.2, 0.25) is 0 Å². The molecule has 4 N–H and O–H groups in total. The van der Waals surface area contributed by atoms with Crippen molar-refractivity contribution < 1.29 is 19.4 Å². The van der Waals surface area contributed by atoms with Gasteiger partial charge in [0.1, 0.15) is 26.2 Å². The van der Waals surface area contributed by atoms with Crippen LogP contribution in [0.4, 0.5) is 11.4 Å². The molecule has 148 valence electrons. The second-order valence-electron chi connectivity index (χ2n) is 6.91. The molecule has 1 heterocycles. The Morgan fingerprint density at radius 2 is 1.07 bits per heavy atom. The molecule has 1 saturated heterocycles. The fourth-order valence-corrected chi connectivity index (χ4v) is 3.64. The zero-order valence-corrected chi connectivity index (χ0v) is 16.9. The van der Waals surface area contributed by atoms with E-state index in [0.29, 0.717) is 34.5 Å². The molecular weight excluding hydrogens is 399 g/mol. The number of anilines is 2. The van der Waals surface area contributed by atoms with Crippen LogP contribution in [0, 0.1) is 0 Å². The van der Waals surface area contributed by atoms with Crippen LogP contribution in [0.3, 0.4) is 0 Å². The van der Waals surface area contributed by atoms with Gasteiger partial charge in [-0.15, -0.1) is 0 Å². The number of quaternary nitrogens is 2. The van der Waals surface area contributed by atoms with Crippen LogP contribution in [0.15, 0.2) is 48.5 Å². The summed E-state index contributed by atoms with van der Waals surface area (Å²) in [4.78, 5) is 26.9. The number of carbonyl (C=O) groups is 2. The average molecular weight is 423 g/mol. The Kier molecular flexibility index (Phi) is 7.28. The van der Waals surface area contributed by atoms with Crippen LogP contribution in [0.2, 0.25) is 10.0 Å². The number of para-hydroxylation sites is 2. The maximum absolute atomic E-state index is 12.3. The summed E-state index contributed by atoms with van der Waals surface area (Å²) in [6.45, 7) is 4.14. The van der Waals surface area contributed by atoms with Crippen molar-refractivity contribution in [1.82, 2.24) is 0 Å². The average Bonchev–Trinajstić information content (AvgIpc) is 2.67. The van der Waals surface area contributed by atoms with E-state index in [1.807, 2.05) is 24.3 Å². The second-order valence-corrected chi connectivity index (χ2v) is 7.72. The predicted octanol–water partition coefficient (Wildman–Crippen LogP) is 0.354. The third-order valence-electron chi connectivity index (χ3n) is 4.78. The summed E-state index contributed by atoms with van der Waals surface area (Å²) in [6, 6.07) is 14.4. The van der Waals surface area contributed by atoms with E-state index < -0.39 is 0 Å².